The van der Waals surface area contributed by atoms with Crippen molar-refractivity contribution in [2.75, 3.05) is 26.7 Å². The van der Waals surface area contributed by atoms with Gasteiger partial charge in [0, 0.05) is 32.6 Å². The van der Waals surface area contributed by atoms with Crippen molar-refractivity contribution in [3.8, 4) is 5.75 Å². The molecule has 1 amide bonds. The summed E-state index contributed by atoms with van der Waals surface area (Å²) in [5.74, 6) is 1.33. The Balaban J connectivity index is 0.00000341. The Bertz CT molecular complexity index is 757. The van der Waals surface area contributed by atoms with Gasteiger partial charge >= 0.3 is 0 Å². The van der Waals surface area contributed by atoms with Crippen LogP contribution in [-0.4, -0.2) is 49.6 Å². The van der Waals surface area contributed by atoms with Crippen LogP contribution in [0.2, 0.25) is 0 Å². The molecule has 1 saturated carbocycles. The van der Waals surface area contributed by atoms with Gasteiger partial charge in [0.05, 0.1) is 12.6 Å². The first kappa shape index (κ1) is 25.7. The molecular formula is C23H36FIN4O2. The maximum atomic E-state index is 14.4. The molecule has 1 aromatic carbocycles. The molecule has 0 spiro atoms. The normalized spacial score (nSPS) is 19.9. The summed E-state index contributed by atoms with van der Waals surface area (Å²) in [4.78, 5) is 18.7. The molecule has 31 heavy (non-hydrogen) atoms. The van der Waals surface area contributed by atoms with Gasteiger partial charge in [-0.05, 0) is 69.6 Å². The van der Waals surface area contributed by atoms with Crippen LogP contribution in [0.3, 0.4) is 0 Å². The molecule has 0 bridgehead atoms. The number of nitrogens with zero attached hydrogens (tertiary/aromatic N) is 2. The van der Waals surface area contributed by atoms with Crippen molar-refractivity contribution >= 4 is 35.8 Å². The van der Waals surface area contributed by atoms with Crippen molar-refractivity contribution in [3.05, 3.63) is 29.6 Å². The van der Waals surface area contributed by atoms with Crippen molar-refractivity contribution in [2.24, 2.45) is 10.9 Å². The van der Waals surface area contributed by atoms with Crippen LogP contribution in [0.4, 0.5) is 4.39 Å². The molecule has 1 aliphatic carbocycles. The van der Waals surface area contributed by atoms with Gasteiger partial charge in [-0.3, -0.25) is 9.79 Å². The van der Waals surface area contributed by atoms with Crippen molar-refractivity contribution in [2.45, 2.75) is 64.5 Å². The number of guanidine groups is 1. The number of hydrogen-bond acceptors (Lipinski definition) is 3. The molecule has 1 aromatic rings. The number of nitrogens with one attached hydrogen (secondary N) is 2. The molecule has 2 fully saturated rings. The highest BCUT2D eigenvalue weighted by molar-refractivity contribution is 14.0. The van der Waals surface area contributed by atoms with E-state index in [1.165, 1.54) is 25.3 Å². The van der Waals surface area contributed by atoms with Gasteiger partial charge in [-0.1, -0.05) is 6.07 Å². The average Bonchev–Trinajstić information content (AvgIpc) is 3.56. The fourth-order valence-electron chi connectivity index (χ4n) is 3.78. The number of benzene rings is 1. The third-order valence-corrected chi connectivity index (χ3v) is 5.96. The van der Waals surface area contributed by atoms with Gasteiger partial charge in [0.2, 0.25) is 5.91 Å². The second-order valence-electron chi connectivity index (χ2n) is 8.49. The van der Waals surface area contributed by atoms with Gasteiger partial charge in [-0.25, -0.2) is 4.39 Å². The number of halogens is 2. The van der Waals surface area contributed by atoms with E-state index in [2.05, 4.69) is 22.5 Å². The van der Waals surface area contributed by atoms with Crippen molar-refractivity contribution in [1.29, 1.82) is 0 Å². The third-order valence-electron chi connectivity index (χ3n) is 5.96. The Kier molecular flexibility index (Phi) is 10.3. The predicted octanol–water partition coefficient (Wildman–Crippen LogP) is 4.25. The van der Waals surface area contributed by atoms with Crippen LogP contribution in [0.5, 0.6) is 5.75 Å². The standard InChI is InChI=1S/C23H35FN4O2.HI/c1-16-6-4-5-13-28(16)22(29)11-12-26-23(25-3)27-17(2)19-9-10-21(20(24)14-19)30-15-18-7-8-18;/h9-10,14,16-18H,4-8,11-13,15H2,1-3H3,(H2,25,26,27);1H. The summed E-state index contributed by atoms with van der Waals surface area (Å²) < 4.78 is 19.9. The number of rotatable bonds is 8. The number of carbonyl (C=O) groups is 1. The van der Waals surface area contributed by atoms with Gasteiger partial charge in [0.1, 0.15) is 0 Å². The fraction of sp³-hybridized carbons (Fsp3) is 0.652. The summed E-state index contributed by atoms with van der Waals surface area (Å²) >= 11 is 0. The molecule has 1 saturated heterocycles. The van der Waals surface area contributed by atoms with Crippen molar-refractivity contribution < 1.29 is 13.9 Å². The first-order valence-corrected chi connectivity index (χ1v) is 11.2. The van der Waals surface area contributed by atoms with Crippen LogP contribution in [0.15, 0.2) is 23.2 Å². The first-order chi connectivity index (χ1) is 14.5. The van der Waals surface area contributed by atoms with Crippen LogP contribution >= 0.6 is 24.0 Å². The second kappa shape index (κ2) is 12.5. The fourth-order valence-corrected chi connectivity index (χ4v) is 3.78. The molecule has 0 aromatic heterocycles. The molecule has 2 unspecified atom stereocenters. The van der Waals surface area contributed by atoms with Gasteiger partial charge < -0.3 is 20.3 Å². The van der Waals surface area contributed by atoms with Gasteiger partial charge in [0.25, 0.3) is 0 Å². The lowest BCUT2D eigenvalue weighted by Gasteiger charge is -2.33. The Hall–Kier alpha value is -1.58. The van der Waals surface area contributed by atoms with Crippen LogP contribution < -0.4 is 15.4 Å². The summed E-state index contributed by atoms with van der Waals surface area (Å²) in [7, 11) is 1.69. The summed E-state index contributed by atoms with van der Waals surface area (Å²) in [5, 5.41) is 6.45. The predicted molar refractivity (Wildman–Crippen MR) is 133 cm³/mol. The van der Waals surface area contributed by atoms with E-state index in [-0.39, 0.29) is 41.7 Å². The lowest BCUT2D eigenvalue weighted by Crippen LogP contribution is -2.44. The van der Waals surface area contributed by atoms with Crippen LogP contribution in [0.25, 0.3) is 0 Å². The van der Waals surface area contributed by atoms with Gasteiger partial charge in [-0.15, -0.1) is 24.0 Å². The highest BCUT2D eigenvalue weighted by Crippen LogP contribution is 2.30. The first-order valence-electron chi connectivity index (χ1n) is 11.2. The molecule has 2 atom stereocenters. The second-order valence-corrected chi connectivity index (χ2v) is 8.49. The average molecular weight is 546 g/mol. The summed E-state index contributed by atoms with van der Waals surface area (Å²) in [6.07, 6.45) is 6.16. The number of aliphatic imine (C=N–C) groups is 1. The third kappa shape index (κ3) is 7.80. The zero-order valence-corrected chi connectivity index (χ0v) is 21.2. The van der Waals surface area contributed by atoms with Crippen LogP contribution in [0, 0.1) is 11.7 Å². The molecular weight excluding hydrogens is 510 g/mol. The smallest absolute Gasteiger partial charge is 0.224 e. The van der Waals surface area contributed by atoms with Gasteiger partial charge in [0.15, 0.2) is 17.5 Å². The van der Waals surface area contributed by atoms with E-state index >= 15 is 0 Å². The number of likely N-dealkylation sites (tertiary alicyclic amines) is 1. The van der Waals surface area contributed by atoms with E-state index in [0.717, 1.165) is 24.9 Å². The molecule has 1 aliphatic heterocycles. The number of hydrogen-bond donors (Lipinski definition) is 2. The molecule has 3 rings (SSSR count). The van der Waals surface area contributed by atoms with E-state index < -0.39 is 0 Å². The minimum atomic E-state index is -0.342. The monoisotopic (exact) mass is 546 g/mol. The molecule has 2 aliphatic rings. The summed E-state index contributed by atoms with van der Waals surface area (Å²) in [6.45, 7) is 6.03. The molecule has 8 heteroatoms. The minimum Gasteiger partial charge on any atom is -0.490 e. The Morgan fingerprint density at radius 2 is 2.10 bits per heavy atom. The molecule has 174 valence electrons. The highest BCUT2D eigenvalue weighted by atomic mass is 127. The lowest BCUT2D eigenvalue weighted by molar-refractivity contribution is -0.134. The number of amides is 1. The van der Waals surface area contributed by atoms with E-state index in [1.54, 1.807) is 13.1 Å². The molecule has 1 heterocycles. The minimum absolute atomic E-state index is 0. The van der Waals surface area contributed by atoms with Gasteiger partial charge in [-0.2, -0.15) is 0 Å². The lowest BCUT2D eigenvalue weighted by atomic mass is 10.0. The quantitative estimate of drug-likeness (QED) is 0.291. The molecule has 2 N–H and O–H groups in total. The molecule has 0 radical (unpaired) electrons. The largest absolute Gasteiger partial charge is 0.490 e. The topological polar surface area (TPSA) is 66.0 Å². The SMILES string of the molecule is CN=C(NCCC(=O)N1CCCCC1C)NC(C)c1ccc(OCC2CC2)c(F)c1.I. The summed E-state index contributed by atoms with van der Waals surface area (Å²) in [5.41, 5.74) is 0.812. The van der Waals surface area contributed by atoms with Crippen LogP contribution in [0.1, 0.15) is 64.0 Å². The highest BCUT2D eigenvalue weighted by Gasteiger charge is 2.23. The Labute approximate surface area is 202 Å². The van der Waals surface area contributed by atoms with Crippen molar-refractivity contribution in [3.63, 3.8) is 0 Å². The zero-order valence-electron chi connectivity index (χ0n) is 18.8. The van der Waals surface area contributed by atoms with Crippen LogP contribution in [-0.2, 0) is 4.79 Å². The zero-order chi connectivity index (χ0) is 21.5. The van der Waals surface area contributed by atoms with E-state index in [9.17, 15) is 9.18 Å². The number of piperidine rings is 1. The number of ether oxygens (including phenoxy) is 1. The van der Waals surface area contributed by atoms with Crippen molar-refractivity contribution in [1.82, 2.24) is 15.5 Å². The Morgan fingerprint density at radius 3 is 2.74 bits per heavy atom. The summed E-state index contributed by atoms with van der Waals surface area (Å²) in [6, 6.07) is 5.27. The Morgan fingerprint density at radius 1 is 1.32 bits per heavy atom. The van der Waals surface area contributed by atoms with E-state index in [4.69, 9.17) is 4.74 Å². The van der Waals surface area contributed by atoms with E-state index in [1.807, 2.05) is 17.9 Å². The van der Waals surface area contributed by atoms with E-state index in [0.29, 0.717) is 43.2 Å². The molecule has 6 nitrogen and oxygen atoms in total. The maximum Gasteiger partial charge on any atom is 0.224 e. The maximum absolute atomic E-state index is 14.4. The number of carbonyl (C=O) groups excluding carboxylic acids is 1.